The monoisotopic (exact) mass is 520 g/mol. The maximum absolute atomic E-state index is 12.6. The molecule has 4 aliphatic carbocycles. The fourth-order valence-electron chi connectivity index (χ4n) is 8.28. The molecule has 0 aliphatic heterocycles. The van der Waals surface area contributed by atoms with Crippen LogP contribution in [-0.4, -0.2) is 18.2 Å². The lowest BCUT2D eigenvalue weighted by Crippen LogP contribution is -2.57. The molecule has 8 rings (SSSR count). The molecule has 4 bridgehead atoms. The third-order valence-electron chi connectivity index (χ3n) is 10.4. The Morgan fingerprint density at radius 1 is 0.744 bits per heavy atom. The average molecular weight is 521 g/mol. The van der Waals surface area contributed by atoms with Crippen LogP contribution in [0.4, 0.5) is 0 Å². The summed E-state index contributed by atoms with van der Waals surface area (Å²) in [6, 6.07) is 24.5. The van der Waals surface area contributed by atoms with E-state index in [9.17, 15) is 4.79 Å². The minimum Gasteiger partial charge on any atom is -0.462 e. The third-order valence-corrected chi connectivity index (χ3v) is 10.4. The molecule has 0 N–H and O–H groups in total. The van der Waals surface area contributed by atoms with Gasteiger partial charge >= 0.3 is 5.97 Å². The second-order valence-corrected chi connectivity index (χ2v) is 13.1. The lowest BCUT2D eigenvalue weighted by Gasteiger charge is -2.58. The number of fused-ring (bicyclic) bond motifs is 6. The van der Waals surface area contributed by atoms with Gasteiger partial charge in [0.25, 0.3) is 0 Å². The van der Waals surface area contributed by atoms with Crippen molar-refractivity contribution in [2.45, 2.75) is 77.6 Å². The SMILES string of the molecule is CCC(C)C(=O)OC1C2CC3CC1CC(C2)C3OC(C)(C)c1ccc2c3ccccc3c3ccccc3c2c1. The van der Waals surface area contributed by atoms with E-state index in [-0.39, 0.29) is 29.7 Å². The molecule has 0 amide bonds. The zero-order valence-corrected chi connectivity index (χ0v) is 23.7. The summed E-state index contributed by atoms with van der Waals surface area (Å²) in [6.45, 7) is 8.55. The summed E-state index contributed by atoms with van der Waals surface area (Å²) >= 11 is 0. The third kappa shape index (κ3) is 4.08. The summed E-state index contributed by atoms with van der Waals surface area (Å²) in [5.74, 6) is 2.13. The standard InChI is InChI=1S/C36H40O3/c1-5-21(2)35(37)38-33-22-16-24-18-23(33)19-25(17-22)34(24)39-36(3,4)26-14-15-31-29-12-7-6-10-27(29)28-11-8-9-13-30(28)32(31)20-26/h6-15,20-25,33-34H,5,16-19H2,1-4H3. The summed E-state index contributed by atoms with van der Waals surface area (Å²) in [7, 11) is 0. The van der Waals surface area contributed by atoms with E-state index in [1.165, 1.54) is 37.9 Å². The minimum atomic E-state index is -0.386. The van der Waals surface area contributed by atoms with Crippen molar-refractivity contribution in [2.75, 3.05) is 0 Å². The fraction of sp³-hybridized carbons (Fsp3) is 0.472. The Balaban J connectivity index is 1.16. The first kappa shape index (κ1) is 25.1. The molecule has 0 heterocycles. The summed E-state index contributed by atoms with van der Waals surface area (Å²) < 4.78 is 13.2. The van der Waals surface area contributed by atoms with E-state index in [1.807, 2.05) is 6.92 Å². The van der Waals surface area contributed by atoms with Crippen LogP contribution in [0.15, 0.2) is 66.7 Å². The van der Waals surface area contributed by atoms with Crippen LogP contribution in [-0.2, 0) is 19.9 Å². The molecule has 1 unspecified atom stereocenters. The Morgan fingerprint density at radius 3 is 1.72 bits per heavy atom. The predicted molar refractivity (Wildman–Crippen MR) is 159 cm³/mol. The van der Waals surface area contributed by atoms with Crippen LogP contribution in [0.25, 0.3) is 32.3 Å². The molecule has 4 aliphatic rings. The lowest BCUT2D eigenvalue weighted by atomic mass is 9.53. The normalized spacial score (nSPS) is 28.8. The maximum Gasteiger partial charge on any atom is 0.308 e. The van der Waals surface area contributed by atoms with Crippen LogP contribution in [0.2, 0.25) is 0 Å². The second-order valence-electron chi connectivity index (χ2n) is 13.1. The van der Waals surface area contributed by atoms with Crippen molar-refractivity contribution >= 4 is 38.3 Å². The van der Waals surface area contributed by atoms with E-state index < -0.39 is 0 Å². The molecule has 4 fully saturated rings. The second kappa shape index (κ2) is 9.34. The largest absolute Gasteiger partial charge is 0.462 e. The van der Waals surface area contributed by atoms with E-state index >= 15 is 0 Å². The van der Waals surface area contributed by atoms with Crippen LogP contribution in [0, 0.1) is 29.6 Å². The number of hydrogen-bond acceptors (Lipinski definition) is 3. The molecule has 0 aromatic heterocycles. The number of rotatable bonds is 6. The van der Waals surface area contributed by atoms with Crippen molar-refractivity contribution in [2.24, 2.45) is 29.6 Å². The van der Waals surface area contributed by atoms with Crippen LogP contribution < -0.4 is 0 Å². The van der Waals surface area contributed by atoms with Gasteiger partial charge in [0.05, 0.1) is 17.6 Å². The van der Waals surface area contributed by atoms with Gasteiger partial charge in [-0.2, -0.15) is 0 Å². The molecule has 0 spiro atoms. The number of carbonyl (C=O) groups is 1. The van der Waals surface area contributed by atoms with Crippen molar-refractivity contribution in [1.29, 1.82) is 0 Å². The highest BCUT2D eigenvalue weighted by Crippen LogP contribution is 2.57. The molecule has 39 heavy (non-hydrogen) atoms. The molecular formula is C36H40O3. The molecule has 0 saturated heterocycles. The summed E-state index contributed by atoms with van der Waals surface area (Å²) in [5, 5.41) is 7.83. The van der Waals surface area contributed by atoms with Crippen LogP contribution in [0.3, 0.4) is 0 Å². The van der Waals surface area contributed by atoms with Gasteiger partial charge in [-0.1, -0.05) is 74.5 Å². The Hall–Kier alpha value is -2.91. The zero-order valence-electron chi connectivity index (χ0n) is 23.7. The molecule has 3 heteroatoms. The minimum absolute atomic E-state index is 0.000475. The van der Waals surface area contributed by atoms with Gasteiger partial charge < -0.3 is 9.47 Å². The van der Waals surface area contributed by atoms with Crippen LogP contribution in [0.1, 0.15) is 65.4 Å². The number of benzene rings is 4. The van der Waals surface area contributed by atoms with E-state index in [2.05, 4.69) is 87.5 Å². The quantitative estimate of drug-likeness (QED) is 0.188. The van der Waals surface area contributed by atoms with E-state index in [0.29, 0.717) is 23.7 Å². The summed E-state index contributed by atoms with van der Waals surface area (Å²) in [6.07, 6.45) is 5.75. The predicted octanol–water partition coefficient (Wildman–Crippen LogP) is 8.79. The maximum atomic E-state index is 12.6. The molecule has 1 atom stereocenters. The molecule has 0 radical (unpaired) electrons. The van der Waals surface area contributed by atoms with Crippen molar-refractivity contribution in [3.63, 3.8) is 0 Å². The molecular weight excluding hydrogens is 480 g/mol. The van der Waals surface area contributed by atoms with Crippen LogP contribution >= 0.6 is 0 Å². The van der Waals surface area contributed by atoms with Gasteiger partial charge in [-0.3, -0.25) is 4.79 Å². The van der Waals surface area contributed by atoms with E-state index in [4.69, 9.17) is 9.47 Å². The smallest absolute Gasteiger partial charge is 0.308 e. The van der Waals surface area contributed by atoms with Crippen molar-refractivity contribution in [1.82, 2.24) is 0 Å². The first-order chi connectivity index (χ1) is 18.8. The van der Waals surface area contributed by atoms with Gasteiger partial charge in [0.15, 0.2) is 0 Å². The van der Waals surface area contributed by atoms with E-state index in [0.717, 1.165) is 32.1 Å². The van der Waals surface area contributed by atoms with Gasteiger partial charge in [0, 0.05) is 0 Å². The van der Waals surface area contributed by atoms with Gasteiger partial charge in [-0.25, -0.2) is 0 Å². The molecule has 4 saturated carbocycles. The van der Waals surface area contributed by atoms with Crippen LogP contribution in [0.5, 0.6) is 0 Å². The lowest BCUT2D eigenvalue weighted by molar-refractivity contribution is -0.217. The highest BCUT2D eigenvalue weighted by molar-refractivity contribution is 6.25. The van der Waals surface area contributed by atoms with Crippen molar-refractivity contribution < 1.29 is 14.3 Å². The average Bonchev–Trinajstić information content (AvgIpc) is 2.95. The highest BCUT2D eigenvalue weighted by Gasteiger charge is 2.55. The number of hydrogen-bond donors (Lipinski definition) is 0. The molecule has 4 aromatic rings. The highest BCUT2D eigenvalue weighted by atomic mass is 16.5. The fourth-order valence-corrected chi connectivity index (χ4v) is 8.28. The van der Waals surface area contributed by atoms with E-state index in [1.54, 1.807) is 0 Å². The first-order valence-corrected chi connectivity index (χ1v) is 15.1. The van der Waals surface area contributed by atoms with Crippen molar-refractivity contribution in [3.8, 4) is 0 Å². The van der Waals surface area contributed by atoms with Gasteiger partial charge in [0.2, 0.25) is 0 Å². The topological polar surface area (TPSA) is 35.5 Å². The number of ether oxygens (including phenoxy) is 2. The Bertz CT molecular complexity index is 1500. The molecule has 202 valence electrons. The number of carbonyl (C=O) groups excluding carboxylic acids is 1. The number of esters is 1. The van der Waals surface area contributed by atoms with Gasteiger partial charge in [-0.15, -0.1) is 0 Å². The Labute approximate surface area is 231 Å². The molecule has 4 aromatic carbocycles. The van der Waals surface area contributed by atoms with Gasteiger partial charge in [-0.05, 0) is 114 Å². The molecule has 3 nitrogen and oxygen atoms in total. The summed E-state index contributed by atoms with van der Waals surface area (Å²) in [4.78, 5) is 12.6. The first-order valence-electron chi connectivity index (χ1n) is 15.1. The Morgan fingerprint density at radius 2 is 1.21 bits per heavy atom. The zero-order chi connectivity index (χ0) is 26.9. The van der Waals surface area contributed by atoms with Gasteiger partial charge in [0.1, 0.15) is 6.10 Å². The van der Waals surface area contributed by atoms with Crippen molar-refractivity contribution in [3.05, 3.63) is 72.3 Å². The Kier molecular flexibility index (Phi) is 6.00. The summed E-state index contributed by atoms with van der Waals surface area (Å²) in [5.41, 5.74) is 0.855.